The highest BCUT2D eigenvalue weighted by molar-refractivity contribution is 5.92. The number of carbonyl (C=O) groups excluding carboxylic acids is 8. The lowest BCUT2D eigenvalue weighted by Crippen LogP contribution is -2.65. The molecule has 2 aliphatic carbocycles. The summed E-state index contributed by atoms with van der Waals surface area (Å²) in [7, 11) is 5.17. The van der Waals surface area contributed by atoms with Gasteiger partial charge in [-0.3, -0.25) is 33.6 Å². The van der Waals surface area contributed by atoms with Crippen LogP contribution in [0.4, 0.5) is 0 Å². The van der Waals surface area contributed by atoms with Crippen LogP contribution in [0, 0.1) is 22.7 Å². The lowest BCUT2D eigenvalue weighted by atomic mass is 9.85. The normalized spacial score (nSPS) is 21.6. The maximum absolute atomic E-state index is 14.2. The summed E-state index contributed by atoms with van der Waals surface area (Å²) < 4.78 is 0. The van der Waals surface area contributed by atoms with Crippen LogP contribution in [0.1, 0.15) is 131 Å². The Hall–Kier alpha value is -5.72. The van der Waals surface area contributed by atoms with Gasteiger partial charge in [0.05, 0.1) is 37.8 Å². The van der Waals surface area contributed by atoms with E-state index in [2.05, 4.69) is 71.4 Å². The molecule has 2 aliphatic heterocycles. The molecule has 4 aliphatic rings. The Morgan fingerprint density at radius 3 is 1.90 bits per heavy atom. The molecule has 0 radical (unpaired) electrons. The van der Waals surface area contributed by atoms with E-state index in [1.807, 2.05) is 77.7 Å². The number of aldehydes is 1. The highest BCUT2D eigenvalue weighted by Gasteiger charge is 2.46. The maximum atomic E-state index is 14.2. The van der Waals surface area contributed by atoms with E-state index in [-0.39, 0.29) is 85.0 Å². The highest BCUT2D eigenvalue weighted by atomic mass is 16.2. The van der Waals surface area contributed by atoms with Crippen LogP contribution in [-0.2, 0) is 44.8 Å². The monoisotopic (exact) mass is 1070 g/mol. The Labute approximate surface area is 460 Å². The quantitative estimate of drug-likeness (QED) is 0.0839. The highest BCUT2D eigenvalue weighted by Crippen LogP contribution is 2.36. The molecule has 8 unspecified atom stereocenters. The van der Waals surface area contributed by atoms with Crippen LogP contribution in [0.3, 0.4) is 0 Å². The second kappa shape index (κ2) is 31.6. The van der Waals surface area contributed by atoms with Gasteiger partial charge in [0.15, 0.2) is 0 Å². The Morgan fingerprint density at radius 1 is 0.792 bits per heavy atom. The second-order valence-electron chi connectivity index (χ2n) is 23.2. The number of nitrogens with one attached hydrogen (secondary N) is 6. The summed E-state index contributed by atoms with van der Waals surface area (Å²) in [5.41, 5.74) is 3.82. The zero-order valence-electron chi connectivity index (χ0n) is 48.9. The number of likely N-dealkylation sites (N-methyl/N-ethyl adjacent to an activating group) is 3. The van der Waals surface area contributed by atoms with Crippen LogP contribution >= 0.6 is 0 Å². The van der Waals surface area contributed by atoms with E-state index >= 15 is 0 Å². The molecule has 1 saturated carbocycles. The van der Waals surface area contributed by atoms with Gasteiger partial charge in [0, 0.05) is 50.6 Å². The smallest absolute Gasteiger partial charge is 0.246 e. The van der Waals surface area contributed by atoms with Gasteiger partial charge in [0.2, 0.25) is 41.9 Å². The number of allylic oxidation sites excluding steroid dienone is 3. The number of benzene rings is 1. The molecule has 430 valence electrons. The van der Waals surface area contributed by atoms with E-state index in [1.54, 1.807) is 41.9 Å². The summed E-state index contributed by atoms with van der Waals surface area (Å²) in [4.78, 5) is 110. The number of hydrogen-bond donors (Lipinski definition) is 6. The molecule has 18 heteroatoms. The van der Waals surface area contributed by atoms with E-state index in [4.69, 9.17) is 0 Å². The van der Waals surface area contributed by atoms with Gasteiger partial charge in [-0.05, 0) is 114 Å². The first-order valence-electron chi connectivity index (χ1n) is 27.9. The summed E-state index contributed by atoms with van der Waals surface area (Å²) in [5, 5.41) is 17.7. The first-order valence-corrected chi connectivity index (χ1v) is 27.9. The fourth-order valence-corrected chi connectivity index (χ4v) is 10.9. The lowest BCUT2D eigenvalue weighted by molar-refractivity contribution is -0.152. The fraction of sp³-hybridized carbons (Fsp3) is 0.661. The van der Waals surface area contributed by atoms with Crippen LogP contribution < -0.4 is 31.9 Å². The number of hydrogen-bond acceptors (Lipinski definition) is 11. The average Bonchev–Trinajstić information content (AvgIpc) is 3.88. The van der Waals surface area contributed by atoms with Gasteiger partial charge in [0.25, 0.3) is 0 Å². The van der Waals surface area contributed by atoms with E-state index < -0.39 is 29.0 Å². The minimum absolute atomic E-state index is 0.000311. The van der Waals surface area contributed by atoms with E-state index in [0.29, 0.717) is 52.0 Å². The van der Waals surface area contributed by atoms with Crippen molar-refractivity contribution in [3.05, 3.63) is 71.3 Å². The van der Waals surface area contributed by atoms with Crippen molar-refractivity contribution < 1.29 is 38.4 Å². The molecule has 7 amide bonds. The standard InChI is InChI=1S/C43H68N8O6.C13H21NO.C3H7NO/c1-27-25-48(19-21-50(27)41(57)36(43(5,6)7)47-34(52)24-44-8)38(54)29-17-18-30(23-29)39(55)49-20-22-51(40(56)35(45-9)42(2,3)4)33(26-49)37(53)46-32-16-12-14-28-13-10-11-15-31(28)32;1-5-7-9-12(11(3)4)13(8-6-2)14-10-15;1-4-2-3-5/h10-11,13,15,27,29-30,32-33,35-36,44-45H,12,14,16-26H2,1-9H3,(H,46,53)(H,47,52);5,7,9-10,13H,1,6,8H2,2-4H3,(H,14,15);3-4H,2H2,1H3/b;9-7-;. The SMILES string of the molecule is C=C/C=C\C(=C(C)C)C(CCC)NC=O.CNCC(=O)NC(C(=O)N1CCN(C(=O)C2CCC(C(=O)N3CCN(C(=O)C(NC)C(C)(C)C)C(C(=O)NC4CCCc5ccccc54)C3)C2)CC1C)C(C)(C)C.CNCC=O. The number of nitrogens with zero attached hydrogens (tertiary/aromatic N) is 4. The van der Waals surface area contributed by atoms with Crippen molar-refractivity contribution in [1.29, 1.82) is 0 Å². The predicted molar refractivity (Wildman–Crippen MR) is 304 cm³/mol. The van der Waals surface area contributed by atoms with Gasteiger partial charge in [-0.2, -0.15) is 0 Å². The molecule has 2 saturated heterocycles. The van der Waals surface area contributed by atoms with Crippen LogP contribution in [0.2, 0.25) is 0 Å². The average molecular weight is 1070 g/mol. The molecule has 1 aromatic carbocycles. The lowest BCUT2D eigenvalue weighted by Gasteiger charge is -2.44. The van der Waals surface area contributed by atoms with Crippen molar-refractivity contribution in [3.63, 3.8) is 0 Å². The molecule has 3 fully saturated rings. The Kier molecular flexibility index (Phi) is 26.9. The molecule has 6 N–H and O–H groups in total. The number of fused-ring (bicyclic) bond motifs is 1. The van der Waals surface area contributed by atoms with Crippen molar-refractivity contribution in [2.75, 3.05) is 73.5 Å². The molecular weight excluding hydrogens is 977 g/mol. The number of carbonyl (C=O) groups is 8. The summed E-state index contributed by atoms with van der Waals surface area (Å²) in [5.74, 6) is -1.56. The van der Waals surface area contributed by atoms with Crippen molar-refractivity contribution in [2.45, 2.75) is 157 Å². The number of rotatable bonds is 19. The fourth-order valence-electron chi connectivity index (χ4n) is 10.9. The molecule has 2 heterocycles. The Morgan fingerprint density at radius 2 is 1.39 bits per heavy atom. The Bertz CT molecular complexity index is 2210. The molecule has 0 aromatic heterocycles. The number of piperazine rings is 2. The van der Waals surface area contributed by atoms with Crippen molar-refractivity contribution in [3.8, 4) is 0 Å². The van der Waals surface area contributed by atoms with Crippen molar-refractivity contribution in [1.82, 2.24) is 51.5 Å². The number of amides is 7. The van der Waals surface area contributed by atoms with Crippen molar-refractivity contribution >= 4 is 48.1 Å². The van der Waals surface area contributed by atoms with Gasteiger partial charge in [0.1, 0.15) is 18.4 Å². The third-order valence-corrected chi connectivity index (χ3v) is 15.0. The zero-order valence-corrected chi connectivity index (χ0v) is 48.9. The van der Waals surface area contributed by atoms with Gasteiger partial charge in [-0.15, -0.1) is 0 Å². The topological polar surface area (TPSA) is 222 Å². The van der Waals surface area contributed by atoms with E-state index in [9.17, 15) is 38.4 Å². The van der Waals surface area contributed by atoms with Crippen LogP contribution in [0.5, 0.6) is 0 Å². The second-order valence-corrected chi connectivity index (χ2v) is 23.2. The minimum Gasteiger partial charge on any atom is -0.352 e. The summed E-state index contributed by atoms with van der Waals surface area (Å²) in [6, 6.07) is 5.80. The Balaban J connectivity index is 0.000000658. The molecule has 1 aromatic rings. The summed E-state index contributed by atoms with van der Waals surface area (Å²) in [6.45, 7) is 25.9. The van der Waals surface area contributed by atoms with E-state index in [0.717, 1.165) is 50.4 Å². The van der Waals surface area contributed by atoms with Crippen molar-refractivity contribution in [2.24, 2.45) is 22.7 Å². The summed E-state index contributed by atoms with van der Waals surface area (Å²) >= 11 is 0. The molecule has 5 rings (SSSR count). The largest absolute Gasteiger partial charge is 0.352 e. The molecule has 77 heavy (non-hydrogen) atoms. The maximum Gasteiger partial charge on any atom is 0.246 e. The molecule has 0 spiro atoms. The molecule has 18 nitrogen and oxygen atoms in total. The van der Waals surface area contributed by atoms with E-state index in [1.165, 1.54) is 16.7 Å². The van der Waals surface area contributed by atoms with Gasteiger partial charge < -0.3 is 56.3 Å². The van der Waals surface area contributed by atoms with Gasteiger partial charge >= 0.3 is 0 Å². The third kappa shape index (κ3) is 19.0. The molecule has 0 bridgehead atoms. The molecular formula is C59H96N10O8. The summed E-state index contributed by atoms with van der Waals surface area (Å²) in [6.07, 6.45) is 13.6. The van der Waals surface area contributed by atoms with Gasteiger partial charge in [-0.25, -0.2) is 0 Å². The first kappa shape index (κ1) is 65.6. The van der Waals surface area contributed by atoms with Gasteiger partial charge in [-0.1, -0.05) is 110 Å². The van der Waals surface area contributed by atoms with Crippen LogP contribution in [0.15, 0.2) is 60.2 Å². The van der Waals surface area contributed by atoms with Crippen LogP contribution in [-0.4, -0.2) is 171 Å². The first-order chi connectivity index (χ1) is 36.4. The minimum atomic E-state index is -0.851. The third-order valence-electron chi connectivity index (χ3n) is 15.0. The number of aryl methyl sites for hydroxylation is 1. The molecule has 8 atom stereocenters. The predicted octanol–water partition coefficient (Wildman–Crippen LogP) is 4.46. The zero-order chi connectivity index (χ0) is 57.6. The van der Waals surface area contributed by atoms with Crippen LogP contribution in [0.25, 0.3) is 0 Å².